The summed E-state index contributed by atoms with van der Waals surface area (Å²) in [6, 6.07) is 0. The van der Waals surface area contributed by atoms with Crippen LogP contribution < -0.4 is 5.32 Å². The summed E-state index contributed by atoms with van der Waals surface area (Å²) in [5.74, 6) is 0.645. The van der Waals surface area contributed by atoms with E-state index in [1.54, 1.807) is 0 Å². The van der Waals surface area contributed by atoms with Crippen molar-refractivity contribution < 1.29 is 19.2 Å². The summed E-state index contributed by atoms with van der Waals surface area (Å²) in [6.45, 7) is 4.24. The Labute approximate surface area is 167 Å². The minimum atomic E-state index is -0.852. The lowest BCUT2D eigenvalue weighted by Crippen LogP contribution is -2.24. The molecule has 2 aliphatic carbocycles. The lowest BCUT2D eigenvalue weighted by atomic mass is 9.84. The fourth-order valence-corrected chi connectivity index (χ4v) is 3.81. The first kappa shape index (κ1) is 22.4. The fourth-order valence-electron chi connectivity index (χ4n) is 3.81. The van der Waals surface area contributed by atoms with Crippen molar-refractivity contribution in [2.75, 3.05) is 0 Å². The number of amides is 1. The van der Waals surface area contributed by atoms with Gasteiger partial charge in [0.15, 0.2) is 5.82 Å². The maximum Gasteiger partial charge on any atom is 0.304 e. The van der Waals surface area contributed by atoms with Crippen LogP contribution in [0.5, 0.6) is 0 Å². The van der Waals surface area contributed by atoms with Gasteiger partial charge in [0.2, 0.25) is 11.8 Å². The molecule has 3 rings (SSSR count). The zero-order chi connectivity index (χ0) is 20.4. The Morgan fingerprint density at radius 3 is 2.54 bits per heavy atom. The van der Waals surface area contributed by atoms with Crippen LogP contribution in [0.25, 0.3) is 0 Å². The monoisotopic (exact) mass is 393 g/mol. The Balaban J connectivity index is 0.00000136. The number of hydrogen-bond donors (Lipinski definition) is 2. The van der Waals surface area contributed by atoms with Gasteiger partial charge in [-0.1, -0.05) is 63.9 Å². The van der Waals surface area contributed by atoms with Gasteiger partial charge in [0.25, 0.3) is 0 Å². The molecular weight excluding hydrogens is 358 g/mol. The van der Waals surface area contributed by atoms with Crippen molar-refractivity contribution in [1.82, 2.24) is 15.5 Å². The summed E-state index contributed by atoms with van der Waals surface area (Å²) in [4.78, 5) is 27.2. The van der Waals surface area contributed by atoms with Crippen LogP contribution in [0.15, 0.2) is 4.52 Å². The van der Waals surface area contributed by atoms with E-state index in [2.05, 4.69) is 15.5 Å². The van der Waals surface area contributed by atoms with Crippen LogP contribution in [0.4, 0.5) is 0 Å². The summed E-state index contributed by atoms with van der Waals surface area (Å²) in [7, 11) is 0. The van der Waals surface area contributed by atoms with Crippen LogP contribution >= 0.6 is 0 Å². The molecule has 28 heavy (non-hydrogen) atoms. The Hall–Kier alpha value is -1.92. The highest BCUT2D eigenvalue weighted by Gasteiger charge is 2.29. The van der Waals surface area contributed by atoms with Gasteiger partial charge in [0, 0.05) is 11.8 Å². The van der Waals surface area contributed by atoms with E-state index in [1.807, 2.05) is 13.8 Å². The molecule has 7 nitrogen and oxygen atoms in total. The molecule has 1 atom stereocenters. The number of carboxylic acids is 1. The molecule has 2 saturated carbocycles. The molecule has 1 heterocycles. The average Bonchev–Trinajstić information content (AvgIpc) is 3.46. The number of nitrogens with zero attached hydrogens (tertiary/aromatic N) is 2. The number of carbonyl (C=O) groups excluding carboxylic acids is 1. The maximum absolute atomic E-state index is 11.7. The van der Waals surface area contributed by atoms with E-state index in [4.69, 9.17) is 4.52 Å². The van der Waals surface area contributed by atoms with E-state index in [9.17, 15) is 14.7 Å². The molecule has 0 radical (unpaired) electrons. The van der Waals surface area contributed by atoms with E-state index in [1.165, 1.54) is 32.1 Å². The predicted molar refractivity (Wildman–Crippen MR) is 106 cm³/mol. The molecule has 1 aromatic rings. The molecule has 0 spiro atoms. The Bertz CT molecular complexity index is 607. The van der Waals surface area contributed by atoms with Crippen LogP contribution in [0.1, 0.15) is 102 Å². The predicted octanol–water partition coefficient (Wildman–Crippen LogP) is 4.43. The van der Waals surface area contributed by atoms with Gasteiger partial charge >= 0.3 is 5.97 Å². The Morgan fingerprint density at radius 2 is 1.89 bits per heavy atom. The van der Waals surface area contributed by atoms with E-state index in [0.29, 0.717) is 11.7 Å². The second kappa shape index (κ2) is 11.8. The van der Waals surface area contributed by atoms with Gasteiger partial charge in [-0.3, -0.25) is 9.59 Å². The summed E-state index contributed by atoms with van der Waals surface area (Å²) < 4.78 is 5.30. The number of aliphatic carboxylic acids is 1. The standard InChI is InChI=1S/C19H29N3O4.C2H6/c23-17(24)11-15(8-4-7-13-5-2-1-3-6-13)19-21-16(22-26-19)12-20-18(25)14-9-10-14;1-2/h13-15H,1-12H2,(H,20,25)(H,23,24);1-2H3/t15-;/m1./s1. The Morgan fingerprint density at radius 1 is 1.18 bits per heavy atom. The van der Waals surface area contributed by atoms with E-state index >= 15 is 0 Å². The van der Waals surface area contributed by atoms with Gasteiger partial charge in [-0.25, -0.2) is 0 Å². The van der Waals surface area contributed by atoms with Gasteiger partial charge in [0.05, 0.1) is 13.0 Å². The summed E-state index contributed by atoms with van der Waals surface area (Å²) in [6.07, 6.45) is 11.4. The van der Waals surface area contributed by atoms with Crippen LogP contribution in [0.2, 0.25) is 0 Å². The highest BCUT2D eigenvalue weighted by Crippen LogP contribution is 2.31. The van der Waals surface area contributed by atoms with E-state index in [0.717, 1.165) is 38.0 Å². The lowest BCUT2D eigenvalue weighted by molar-refractivity contribution is -0.137. The van der Waals surface area contributed by atoms with Crippen LogP contribution in [0, 0.1) is 11.8 Å². The topological polar surface area (TPSA) is 105 Å². The largest absolute Gasteiger partial charge is 0.481 e. The normalized spacial score (nSPS) is 18.1. The maximum atomic E-state index is 11.7. The molecule has 0 aliphatic heterocycles. The molecule has 2 aliphatic rings. The van der Waals surface area contributed by atoms with Crippen molar-refractivity contribution >= 4 is 11.9 Å². The molecule has 0 saturated heterocycles. The first-order valence-electron chi connectivity index (χ1n) is 10.9. The van der Waals surface area contributed by atoms with Gasteiger partial charge in [-0.2, -0.15) is 4.98 Å². The van der Waals surface area contributed by atoms with Crippen molar-refractivity contribution in [2.24, 2.45) is 11.8 Å². The van der Waals surface area contributed by atoms with E-state index in [-0.39, 0.29) is 30.7 Å². The number of nitrogens with one attached hydrogen (secondary N) is 1. The highest BCUT2D eigenvalue weighted by atomic mass is 16.5. The molecule has 1 aromatic heterocycles. The third-order valence-electron chi connectivity index (χ3n) is 5.51. The van der Waals surface area contributed by atoms with Crippen molar-refractivity contribution in [3.05, 3.63) is 11.7 Å². The van der Waals surface area contributed by atoms with Crippen molar-refractivity contribution in [3.8, 4) is 0 Å². The van der Waals surface area contributed by atoms with Gasteiger partial charge < -0.3 is 14.9 Å². The molecule has 2 fully saturated rings. The van der Waals surface area contributed by atoms with Crippen LogP contribution in [0.3, 0.4) is 0 Å². The van der Waals surface area contributed by atoms with Crippen LogP contribution in [-0.4, -0.2) is 27.1 Å². The minimum Gasteiger partial charge on any atom is -0.481 e. The van der Waals surface area contributed by atoms with Crippen molar-refractivity contribution in [2.45, 2.75) is 96.9 Å². The van der Waals surface area contributed by atoms with Crippen LogP contribution in [-0.2, 0) is 16.1 Å². The molecule has 0 aromatic carbocycles. The number of carbonyl (C=O) groups is 2. The molecule has 7 heteroatoms. The van der Waals surface area contributed by atoms with Crippen molar-refractivity contribution in [1.29, 1.82) is 0 Å². The number of carboxylic acid groups (broad SMARTS) is 1. The summed E-state index contributed by atoms with van der Waals surface area (Å²) >= 11 is 0. The average molecular weight is 394 g/mol. The summed E-state index contributed by atoms with van der Waals surface area (Å²) in [5, 5.41) is 15.9. The zero-order valence-electron chi connectivity index (χ0n) is 17.3. The van der Waals surface area contributed by atoms with E-state index < -0.39 is 5.97 Å². The first-order chi connectivity index (χ1) is 13.6. The second-order valence-corrected chi connectivity index (χ2v) is 7.77. The first-order valence-corrected chi connectivity index (χ1v) is 10.9. The molecular formula is C21H35N3O4. The quantitative estimate of drug-likeness (QED) is 0.609. The van der Waals surface area contributed by atoms with Gasteiger partial charge in [-0.05, 0) is 25.2 Å². The molecule has 1 amide bonds. The second-order valence-electron chi connectivity index (χ2n) is 7.77. The third-order valence-corrected chi connectivity index (χ3v) is 5.51. The highest BCUT2D eigenvalue weighted by molar-refractivity contribution is 5.80. The molecule has 0 bridgehead atoms. The SMILES string of the molecule is CC.O=C(O)C[C@@H](CCCC1CCCCC1)c1nc(CNC(=O)C2CC2)no1. The smallest absolute Gasteiger partial charge is 0.304 e. The summed E-state index contributed by atoms with van der Waals surface area (Å²) in [5.41, 5.74) is 0. The van der Waals surface area contributed by atoms with Gasteiger partial charge in [-0.15, -0.1) is 0 Å². The number of rotatable bonds is 10. The third kappa shape index (κ3) is 7.60. The molecule has 2 N–H and O–H groups in total. The number of hydrogen-bond acceptors (Lipinski definition) is 5. The Kier molecular flexibility index (Phi) is 9.44. The van der Waals surface area contributed by atoms with Crippen molar-refractivity contribution in [3.63, 3.8) is 0 Å². The van der Waals surface area contributed by atoms with Gasteiger partial charge in [0.1, 0.15) is 0 Å². The molecule has 158 valence electrons. The fraction of sp³-hybridized carbons (Fsp3) is 0.810. The lowest BCUT2D eigenvalue weighted by Gasteiger charge is -2.21. The zero-order valence-corrected chi connectivity index (χ0v) is 17.3. The number of aromatic nitrogens is 2. The molecule has 0 unspecified atom stereocenters. The minimum absolute atomic E-state index is 0.000727.